The molecule has 2 amide bonds. The third-order valence-electron chi connectivity index (χ3n) is 3.79. The lowest BCUT2D eigenvalue weighted by Crippen LogP contribution is -2.47. The van der Waals surface area contributed by atoms with E-state index in [9.17, 15) is 14.7 Å². The van der Waals surface area contributed by atoms with Gasteiger partial charge in [0.2, 0.25) is 0 Å². The van der Waals surface area contributed by atoms with Crippen molar-refractivity contribution in [1.29, 1.82) is 0 Å². The quantitative estimate of drug-likeness (QED) is 0.676. The van der Waals surface area contributed by atoms with Crippen LogP contribution >= 0.6 is 0 Å². The number of amides is 2. The highest BCUT2D eigenvalue weighted by molar-refractivity contribution is 5.78. The minimum atomic E-state index is -0.812. The Morgan fingerprint density at radius 3 is 2.47 bits per heavy atom. The summed E-state index contributed by atoms with van der Waals surface area (Å²) in [6.07, 6.45) is 3.05. The largest absolute Gasteiger partial charge is 0.481 e. The molecule has 5 heteroatoms. The van der Waals surface area contributed by atoms with Gasteiger partial charge < -0.3 is 15.7 Å². The maximum Gasteiger partial charge on any atom is 0.315 e. The van der Waals surface area contributed by atoms with Crippen molar-refractivity contribution < 1.29 is 14.7 Å². The number of rotatable bonds is 4. The average Bonchev–Trinajstić information content (AvgIpc) is 2.38. The van der Waals surface area contributed by atoms with Crippen LogP contribution in [0.25, 0.3) is 0 Å². The number of carboxylic acid groups (broad SMARTS) is 1. The van der Waals surface area contributed by atoms with Crippen molar-refractivity contribution in [3.8, 4) is 11.8 Å². The lowest BCUT2D eigenvalue weighted by molar-refractivity contribution is -0.151. The van der Waals surface area contributed by atoms with Crippen LogP contribution < -0.4 is 10.6 Å². The summed E-state index contributed by atoms with van der Waals surface area (Å²) >= 11 is 0. The van der Waals surface area contributed by atoms with Crippen LogP contribution in [0.2, 0.25) is 0 Å². The normalized spacial score (nSPS) is 25.9. The van der Waals surface area contributed by atoms with E-state index in [1.54, 1.807) is 6.92 Å². The molecule has 5 nitrogen and oxygen atoms in total. The Kier molecular flexibility index (Phi) is 5.68. The van der Waals surface area contributed by atoms with Gasteiger partial charge in [-0.25, -0.2) is 4.79 Å². The van der Waals surface area contributed by atoms with Gasteiger partial charge in [0, 0.05) is 6.54 Å². The van der Waals surface area contributed by atoms with E-state index in [0.717, 1.165) is 12.8 Å². The lowest BCUT2D eigenvalue weighted by Gasteiger charge is -2.35. The van der Waals surface area contributed by atoms with Crippen LogP contribution in [-0.2, 0) is 4.79 Å². The molecule has 0 aromatic heterocycles. The molecule has 0 saturated heterocycles. The molecule has 106 valence electrons. The van der Waals surface area contributed by atoms with Crippen molar-refractivity contribution in [3.63, 3.8) is 0 Å². The van der Waals surface area contributed by atoms with Crippen LogP contribution in [0, 0.1) is 23.2 Å². The number of carbonyl (C=O) groups excluding carboxylic acids is 1. The smallest absolute Gasteiger partial charge is 0.315 e. The molecule has 1 rings (SSSR count). The van der Waals surface area contributed by atoms with E-state index >= 15 is 0 Å². The summed E-state index contributed by atoms with van der Waals surface area (Å²) in [5, 5.41) is 14.6. The van der Waals surface area contributed by atoms with Crippen molar-refractivity contribution in [1.82, 2.24) is 10.6 Å². The Morgan fingerprint density at radius 1 is 1.32 bits per heavy atom. The van der Waals surface area contributed by atoms with Crippen molar-refractivity contribution in [2.45, 2.75) is 39.5 Å². The third kappa shape index (κ3) is 4.47. The first kappa shape index (κ1) is 15.4. The number of hydrogen-bond acceptors (Lipinski definition) is 2. The molecule has 0 aromatic carbocycles. The van der Waals surface area contributed by atoms with E-state index in [1.807, 2.05) is 0 Å². The highest BCUT2D eigenvalue weighted by Gasteiger charge is 2.41. The summed E-state index contributed by atoms with van der Waals surface area (Å²) < 4.78 is 0. The van der Waals surface area contributed by atoms with Gasteiger partial charge in [-0.15, -0.1) is 5.92 Å². The lowest BCUT2D eigenvalue weighted by atomic mass is 9.71. The van der Waals surface area contributed by atoms with Gasteiger partial charge >= 0.3 is 12.0 Å². The average molecular weight is 266 g/mol. The molecule has 0 aliphatic heterocycles. The molecule has 0 unspecified atom stereocenters. The van der Waals surface area contributed by atoms with Crippen LogP contribution in [0.5, 0.6) is 0 Å². The molecule has 3 N–H and O–H groups in total. The first-order chi connectivity index (χ1) is 9.00. The van der Waals surface area contributed by atoms with Gasteiger partial charge in [0.1, 0.15) is 0 Å². The molecule has 0 aromatic rings. The van der Waals surface area contributed by atoms with E-state index in [2.05, 4.69) is 29.4 Å². The second-order valence-corrected chi connectivity index (χ2v) is 5.23. The minimum absolute atomic E-state index is 0.181. The van der Waals surface area contributed by atoms with Crippen LogP contribution in [0.4, 0.5) is 4.79 Å². The number of aliphatic carboxylic acids is 1. The van der Waals surface area contributed by atoms with Gasteiger partial charge in [-0.05, 0) is 38.5 Å². The summed E-state index contributed by atoms with van der Waals surface area (Å²) in [4.78, 5) is 23.0. The van der Waals surface area contributed by atoms with Crippen LogP contribution in [0.15, 0.2) is 0 Å². The zero-order chi connectivity index (χ0) is 14.3. The first-order valence-corrected chi connectivity index (χ1v) is 6.65. The predicted molar refractivity (Wildman–Crippen MR) is 72.6 cm³/mol. The van der Waals surface area contributed by atoms with Gasteiger partial charge in [0.25, 0.3) is 0 Å². The molecular formula is C14H22N2O3. The fraction of sp³-hybridized carbons (Fsp3) is 0.714. The molecule has 19 heavy (non-hydrogen) atoms. The molecule has 0 heterocycles. The highest BCUT2D eigenvalue weighted by Crippen LogP contribution is 2.38. The fourth-order valence-corrected chi connectivity index (χ4v) is 2.31. The summed E-state index contributed by atoms with van der Waals surface area (Å²) in [6, 6.07) is -0.359. The number of carboxylic acids is 1. The summed E-state index contributed by atoms with van der Waals surface area (Å²) in [7, 11) is 0. The zero-order valence-corrected chi connectivity index (χ0v) is 11.6. The summed E-state index contributed by atoms with van der Waals surface area (Å²) in [5.74, 6) is 5.15. The first-order valence-electron chi connectivity index (χ1n) is 6.65. The van der Waals surface area contributed by atoms with Gasteiger partial charge in [0.15, 0.2) is 0 Å². The second kappa shape index (κ2) is 7.03. The molecule has 0 atom stereocenters. The van der Waals surface area contributed by atoms with Gasteiger partial charge in [-0.1, -0.05) is 12.8 Å². The molecule has 1 fully saturated rings. The Labute approximate surface area is 114 Å². The van der Waals surface area contributed by atoms with E-state index in [0.29, 0.717) is 18.8 Å². The van der Waals surface area contributed by atoms with Gasteiger partial charge in [-0.3, -0.25) is 4.79 Å². The van der Waals surface area contributed by atoms with Crippen LogP contribution in [-0.4, -0.2) is 30.2 Å². The second-order valence-electron chi connectivity index (χ2n) is 5.23. The Hall–Kier alpha value is -1.70. The predicted octanol–water partition coefficient (Wildman–Crippen LogP) is 1.59. The minimum Gasteiger partial charge on any atom is -0.481 e. The van der Waals surface area contributed by atoms with Crippen LogP contribution in [0.1, 0.15) is 39.5 Å². The Balaban J connectivity index is 2.48. The molecular weight excluding hydrogens is 244 g/mol. The van der Waals surface area contributed by atoms with Gasteiger partial charge in [-0.2, -0.15) is 0 Å². The van der Waals surface area contributed by atoms with E-state index < -0.39 is 11.4 Å². The maximum absolute atomic E-state index is 11.5. The topological polar surface area (TPSA) is 78.4 Å². The summed E-state index contributed by atoms with van der Waals surface area (Å²) in [6.45, 7) is 4.29. The van der Waals surface area contributed by atoms with E-state index in [1.165, 1.54) is 0 Å². The summed E-state index contributed by atoms with van der Waals surface area (Å²) in [5.41, 5.74) is -0.805. The van der Waals surface area contributed by atoms with E-state index in [4.69, 9.17) is 0 Å². The van der Waals surface area contributed by atoms with Crippen molar-refractivity contribution in [3.05, 3.63) is 0 Å². The van der Waals surface area contributed by atoms with Crippen molar-refractivity contribution in [2.75, 3.05) is 13.1 Å². The molecule has 1 aliphatic rings. The number of urea groups is 1. The standard InChI is InChI=1S/C14H22N2O3/c1-3-4-9-15-13(19)16-10-14(12(17)18)7-5-11(2)6-8-14/h11H,5-10H2,1-2H3,(H,17,18)(H2,15,16,19). The molecule has 1 saturated carbocycles. The molecule has 0 radical (unpaired) electrons. The maximum atomic E-state index is 11.5. The fourth-order valence-electron chi connectivity index (χ4n) is 2.31. The molecule has 1 aliphatic carbocycles. The number of hydrogen-bond donors (Lipinski definition) is 3. The number of carbonyl (C=O) groups is 2. The number of nitrogens with one attached hydrogen (secondary N) is 2. The van der Waals surface area contributed by atoms with Crippen molar-refractivity contribution in [2.24, 2.45) is 11.3 Å². The SMILES string of the molecule is CC#CCNC(=O)NCC1(C(=O)O)CCC(C)CC1. The van der Waals surface area contributed by atoms with Crippen LogP contribution in [0.3, 0.4) is 0 Å². The Bertz CT molecular complexity index is 387. The molecule has 0 bridgehead atoms. The highest BCUT2D eigenvalue weighted by atomic mass is 16.4. The molecule has 0 spiro atoms. The van der Waals surface area contributed by atoms with Crippen molar-refractivity contribution >= 4 is 12.0 Å². The monoisotopic (exact) mass is 266 g/mol. The third-order valence-corrected chi connectivity index (χ3v) is 3.79. The Morgan fingerprint density at radius 2 is 1.95 bits per heavy atom. The van der Waals surface area contributed by atoms with E-state index in [-0.39, 0.29) is 19.1 Å². The zero-order valence-electron chi connectivity index (χ0n) is 11.6. The van der Waals surface area contributed by atoms with Gasteiger partial charge in [0.05, 0.1) is 12.0 Å².